The Morgan fingerprint density at radius 2 is 1.83 bits per heavy atom. The second-order valence-electron chi connectivity index (χ2n) is 6.95. The highest BCUT2D eigenvalue weighted by atomic mass is 79.9. The van der Waals surface area contributed by atoms with Crippen LogP contribution in [0.15, 0.2) is 45.8 Å². The minimum Gasteiger partial charge on any atom is -0.486 e. The first-order valence-corrected chi connectivity index (χ1v) is 11.3. The van der Waals surface area contributed by atoms with Gasteiger partial charge >= 0.3 is 5.97 Å². The maximum atomic E-state index is 13.0. The molecular weight excluding hydrogens is 462 g/mol. The lowest BCUT2D eigenvalue weighted by atomic mass is 9.95. The first-order chi connectivity index (χ1) is 13.6. The maximum absolute atomic E-state index is 13.0. The highest BCUT2D eigenvalue weighted by Gasteiger charge is 2.30. The van der Waals surface area contributed by atoms with Crippen molar-refractivity contribution in [2.45, 2.75) is 31.2 Å². The van der Waals surface area contributed by atoms with Crippen molar-refractivity contribution in [1.82, 2.24) is 4.72 Å². The SMILES string of the molecule is CCOC(=O)c1ccc(S(=O)(=O)NC(C)(C)c2ccc3c(c2)OCCO3)c(Br)c1. The Balaban J connectivity index is 1.87. The molecule has 0 aromatic heterocycles. The standard InChI is InChI=1S/C20H22BrNO6S/c1-4-26-19(23)13-5-8-18(15(21)11-13)29(24,25)22-20(2,3)14-6-7-16-17(12-14)28-10-9-27-16/h5-8,11-12,22H,4,9-10H2,1-3H3. The van der Waals surface area contributed by atoms with Crippen LogP contribution in [0.3, 0.4) is 0 Å². The smallest absolute Gasteiger partial charge is 0.338 e. The monoisotopic (exact) mass is 483 g/mol. The molecule has 0 fully saturated rings. The fourth-order valence-electron chi connectivity index (χ4n) is 2.94. The molecule has 9 heteroatoms. The predicted molar refractivity (Wildman–Crippen MR) is 111 cm³/mol. The molecule has 0 saturated carbocycles. The fourth-order valence-corrected chi connectivity index (χ4v) is 5.42. The van der Waals surface area contributed by atoms with Gasteiger partial charge in [-0.15, -0.1) is 0 Å². The van der Waals surface area contributed by atoms with E-state index in [4.69, 9.17) is 14.2 Å². The van der Waals surface area contributed by atoms with E-state index in [1.54, 1.807) is 39.0 Å². The van der Waals surface area contributed by atoms with E-state index in [0.29, 0.717) is 24.7 Å². The summed E-state index contributed by atoms with van der Waals surface area (Å²) in [4.78, 5) is 11.9. The number of sulfonamides is 1. The highest BCUT2D eigenvalue weighted by molar-refractivity contribution is 9.10. The summed E-state index contributed by atoms with van der Waals surface area (Å²) < 4.78 is 45.1. The lowest BCUT2D eigenvalue weighted by Crippen LogP contribution is -2.41. The number of esters is 1. The van der Waals surface area contributed by atoms with Crippen LogP contribution in [0.5, 0.6) is 11.5 Å². The number of nitrogens with one attached hydrogen (secondary N) is 1. The maximum Gasteiger partial charge on any atom is 0.338 e. The first kappa shape index (κ1) is 21.6. The molecule has 1 N–H and O–H groups in total. The van der Waals surface area contributed by atoms with Crippen LogP contribution in [0.1, 0.15) is 36.7 Å². The van der Waals surface area contributed by atoms with Crippen LogP contribution < -0.4 is 14.2 Å². The van der Waals surface area contributed by atoms with E-state index in [1.165, 1.54) is 18.2 Å². The summed E-state index contributed by atoms with van der Waals surface area (Å²) >= 11 is 3.25. The Morgan fingerprint density at radius 3 is 2.48 bits per heavy atom. The van der Waals surface area contributed by atoms with Gasteiger partial charge in [-0.1, -0.05) is 6.07 Å². The molecule has 156 valence electrons. The van der Waals surface area contributed by atoms with Crippen molar-refractivity contribution in [2.24, 2.45) is 0 Å². The van der Waals surface area contributed by atoms with Crippen molar-refractivity contribution >= 4 is 31.9 Å². The summed E-state index contributed by atoms with van der Waals surface area (Å²) in [5, 5.41) is 0. The molecule has 2 aromatic carbocycles. The van der Waals surface area contributed by atoms with Crippen LogP contribution in [0.2, 0.25) is 0 Å². The van der Waals surface area contributed by atoms with Crippen LogP contribution in [-0.4, -0.2) is 34.2 Å². The molecule has 0 unspecified atom stereocenters. The van der Waals surface area contributed by atoms with Gasteiger partial charge in [-0.25, -0.2) is 17.9 Å². The van der Waals surface area contributed by atoms with Crippen molar-refractivity contribution < 1.29 is 27.4 Å². The molecule has 0 aliphatic carbocycles. The quantitative estimate of drug-likeness (QED) is 0.631. The van der Waals surface area contributed by atoms with E-state index in [2.05, 4.69) is 20.7 Å². The normalized spacial score (nSPS) is 13.8. The molecule has 0 radical (unpaired) electrons. The van der Waals surface area contributed by atoms with Crippen LogP contribution in [-0.2, 0) is 20.3 Å². The average molecular weight is 484 g/mol. The second-order valence-corrected chi connectivity index (χ2v) is 9.46. The molecule has 0 spiro atoms. The zero-order valence-corrected chi connectivity index (χ0v) is 18.7. The Morgan fingerprint density at radius 1 is 1.14 bits per heavy atom. The van der Waals surface area contributed by atoms with Crippen molar-refractivity contribution in [1.29, 1.82) is 0 Å². The largest absolute Gasteiger partial charge is 0.486 e. The van der Waals surface area contributed by atoms with Crippen molar-refractivity contribution in [2.75, 3.05) is 19.8 Å². The zero-order chi connectivity index (χ0) is 21.2. The van der Waals surface area contributed by atoms with Gasteiger partial charge in [0.2, 0.25) is 10.0 Å². The predicted octanol–water partition coefficient (Wildman–Crippen LogP) is 3.61. The fraction of sp³-hybridized carbons (Fsp3) is 0.350. The van der Waals surface area contributed by atoms with E-state index < -0.39 is 21.5 Å². The summed E-state index contributed by atoms with van der Waals surface area (Å²) in [6, 6.07) is 9.57. The third kappa shape index (κ3) is 4.73. The summed E-state index contributed by atoms with van der Waals surface area (Å²) in [6.07, 6.45) is 0. The zero-order valence-electron chi connectivity index (χ0n) is 16.3. The number of carbonyl (C=O) groups excluding carboxylic acids is 1. The summed E-state index contributed by atoms with van der Waals surface area (Å²) in [5.74, 6) is 0.707. The second kappa shape index (κ2) is 8.33. The van der Waals surface area contributed by atoms with Crippen LogP contribution in [0.25, 0.3) is 0 Å². The molecule has 0 amide bonds. The molecule has 0 saturated heterocycles. The highest BCUT2D eigenvalue weighted by Crippen LogP contribution is 2.35. The van der Waals surface area contributed by atoms with Gasteiger partial charge in [0, 0.05) is 4.47 Å². The van der Waals surface area contributed by atoms with Crippen molar-refractivity contribution in [3.63, 3.8) is 0 Å². The van der Waals surface area contributed by atoms with Gasteiger partial charge < -0.3 is 14.2 Å². The minimum atomic E-state index is -3.89. The third-order valence-electron chi connectivity index (χ3n) is 4.39. The van der Waals surface area contributed by atoms with Crippen LogP contribution in [0, 0.1) is 0 Å². The van der Waals surface area contributed by atoms with Gasteiger partial charge in [0.25, 0.3) is 0 Å². The van der Waals surface area contributed by atoms with Crippen molar-refractivity contribution in [3.05, 3.63) is 52.0 Å². The Hall–Kier alpha value is -2.10. The molecule has 1 heterocycles. The number of carbonyl (C=O) groups is 1. The molecule has 1 aliphatic heterocycles. The van der Waals surface area contributed by atoms with Gasteiger partial charge in [-0.05, 0) is 72.6 Å². The van der Waals surface area contributed by atoms with Crippen molar-refractivity contribution in [3.8, 4) is 11.5 Å². The number of rotatable bonds is 6. The summed E-state index contributed by atoms with van der Waals surface area (Å²) in [7, 11) is -3.89. The summed E-state index contributed by atoms with van der Waals surface area (Å²) in [6.45, 7) is 6.39. The molecule has 0 atom stereocenters. The number of halogens is 1. The number of benzene rings is 2. The van der Waals surface area contributed by atoms with E-state index in [0.717, 1.165) is 5.56 Å². The van der Waals surface area contributed by atoms with E-state index in [9.17, 15) is 13.2 Å². The third-order valence-corrected chi connectivity index (χ3v) is 7.02. The lowest BCUT2D eigenvalue weighted by molar-refractivity contribution is 0.0526. The molecular formula is C20H22BrNO6S. The van der Waals surface area contributed by atoms with E-state index in [-0.39, 0.29) is 21.5 Å². The molecule has 7 nitrogen and oxygen atoms in total. The molecule has 0 bridgehead atoms. The first-order valence-electron chi connectivity index (χ1n) is 9.05. The van der Waals surface area contributed by atoms with Crippen LogP contribution in [0.4, 0.5) is 0 Å². The van der Waals surface area contributed by atoms with E-state index in [1.807, 2.05) is 0 Å². The molecule has 1 aliphatic rings. The Kier molecular flexibility index (Phi) is 6.21. The van der Waals surface area contributed by atoms with Gasteiger partial charge in [-0.3, -0.25) is 0 Å². The van der Waals surface area contributed by atoms with Gasteiger partial charge in [0.15, 0.2) is 11.5 Å². The topological polar surface area (TPSA) is 90.9 Å². The Labute approximate surface area is 178 Å². The molecule has 29 heavy (non-hydrogen) atoms. The summed E-state index contributed by atoms with van der Waals surface area (Å²) in [5.41, 5.74) is 0.0712. The molecule has 2 aromatic rings. The van der Waals surface area contributed by atoms with Gasteiger partial charge in [-0.2, -0.15) is 0 Å². The number of ether oxygens (including phenoxy) is 3. The minimum absolute atomic E-state index is 0.0242. The lowest BCUT2D eigenvalue weighted by Gasteiger charge is -2.28. The number of hydrogen-bond acceptors (Lipinski definition) is 6. The molecule has 3 rings (SSSR count). The number of fused-ring (bicyclic) bond motifs is 1. The average Bonchev–Trinajstić information content (AvgIpc) is 2.66. The Bertz CT molecular complexity index is 1040. The van der Waals surface area contributed by atoms with E-state index >= 15 is 0 Å². The van der Waals surface area contributed by atoms with Gasteiger partial charge in [0.05, 0.1) is 22.6 Å². The van der Waals surface area contributed by atoms with Gasteiger partial charge in [0.1, 0.15) is 13.2 Å². The van der Waals surface area contributed by atoms with Crippen LogP contribution >= 0.6 is 15.9 Å². The number of hydrogen-bond donors (Lipinski definition) is 1.